The summed E-state index contributed by atoms with van der Waals surface area (Å²) in [5.41, 5.74) is 0. The third-order valence-corrected chi connectivity index (χ3v) is 14.4. The average Bonchev–Trinajstić information content (AvgIpc) is 2.20. The maximum atomic E-state index is 6.61. The standard InChI is InChI=1S/C15H38O4Si4/c1-11-13-16-14-12-15-23(17-20(2,3)4,18-21(5,6)7)19-22(8,9)10/h11H,1,12-15H2,2-10H3. The largest absolute Gasteiger partial charge is 0.469 e. The molecule has 0 aliphatic carbocycles. The monoisotopic (exact) mass is 394 g/mol. The first-order valence-electron chi connectivity index (χ1n) is 8.47. The molecule has 8 heteroatoms. The summed E-state index contributed by atoms with van der Waals surface area (Å²) >= 11 is 0. The van der Waals surface area contributed by atoms with Gasteiger partial charge in [-0.3, -0.25) is 0 Å². The van der Waals surface area contributed by atoms with Gasteiger partial charge in [0.15, 0.2) is 25.0 Å². The SMILES string of the molecule is C=CCOCCC[Si](O[Si](C)(C)C)(O[Si](C)(C)C)O[Si](C)(C)C. The summed E-state index contributed by atoms with van der Waals surface area (Å²) in [4.78, 5) is 0. The van der Waals surface area contributed by atoms with E-state index in [9.17, 15) is 0 Å². The Morgan fingerprint density at radius 2 is 1.13 bits per heavy atom. The van der Waals surface area contributed by atoms with Gasteiger partial charge in [0, 0.05) is 12.7 Å². The minimum atomic E-state index is -2.68. The first-order valence-corrected chi connectivity index (χ1v) is 20.6. The van der Waals surface area contributed by atoms with Gasteiger partial charge in [0.2, 0.25) is 0 Å². The minimum Gasteiger partial charge on any atom is -0.417 e. The summed E-state index contributed by atoms with van der Waals surface area (Å²) < 4.78 is 25.4. The molecule has 4 nitrogen and oxygen atoms in total. The van der Waals surface area contributed by atoms with Crippen molar-refractivity contribution in [2.45, 2.75) is 71.4 Å². The van der Waals surface area contributed by atoms with Crippen LogP contribution < -0.4 is 0 Å². The van der Waals surface area contributed by atoms with Gasteiger partial charge in [-0.15, -0.1) is 6.58 Å². The van der Waals surface area contributed by atoms with Crippen LogP contribution in [0.4, 0.5) is 0 Å². The number of rotatable bonds is 12. The van der Waals surface area contributed by atoms with Crippen molar-refractivity contribution in [3.63, 3.8) is 0 Å². The second-order valence-electron chi connectivity index (χ2n) is 8.79. The Labute approximate surface area is 148 Å². The molecule has 0 aromatic carbocycles. The first-order chi connectivity index (χ1) is 10.2. The van der Waals surface area contributed by atoms with Crippen LogP contribution in [0.2, 0.25) is 65.0 Å². The molecular weight excluding hydrogens is 357 g/mol. The lowest BCUT2D eigenvalue weighted by Crippen LogP contribution is -2.60. The molecule has 138 valence electrons. The second kappa shape index (κ2) is 9.23. The second-order valence-corrected chi connectivity index (χ2v) is 25.8. The van der Waals surface area contributed by atoms with Gasteiger partial charge in [-0.05, 0) is 65.3 Å². The van der Waals surface area contributed by atoms with Crippen LogP contribution in [0.1, 0.15) is 6.42 Å². The molecular formula is C15H38O4Si4. The zero-order valence-corrected chi connectivity index (χ0v) is 20.7. The van der Waals surface area contributed by atoms with Gasteiger partial charge < -0.3 is 17.1 Å². The molecule has 0 heterocycles. The Morgan fingerprint density at radius 1 is 0.739 bits per heavy atom. The molecule has 0 spiro atoms. The fourth-order valence-electron chi connectivity index (χ4n) is 2.17. The molecule has 0 aliphatic heterocycles. The van der Waals surface area contributed by atoms with Gasteiger partial charge >= 0.3 is 8.80 Å². The van der Waals surface area contributed by atoms with Crippen LogP contribution >= 0.6 is 0 Å². The molecule has 0 unspecified atom stereocenters. The molecule has 0 saturated carbocycles. The maximum absolute atomic E-state index is 6.61. The summed E-state index contributed by atoms with van der Waals surface area (Å²) in [7, 11) is -7.99. The molecule has 0 atom stereocenters. The summed E-state index contributed by atoms with van der Waals surface area (Å²) in [5.74, 6) is 0. The van der Waals surface area contributed by atoms with Crippen LogP contribution in [0.25, 0.3) is 0 Å². The molecule has 0 aromatic heterocycles. The van der Waals surface area contributed by atoms with E-state index in [2.05, 4.69) is 65.5 Å². The van der Waals surface area contributed by atoms with Crippen LogP contribution in [0.15, 0.2) is 12.7 Å². The Morgan fingerprint density at radius 3 is 1.43 bits per heavy atom. The lowest BCUT2D eigenvalue weighted by Gasteiger charge is -2.42. The van der Waals surface area contributed by atoms with E-state index < -0.39 is 33.8 Å². The smallest absolute Gasteiger partial charge is 0.417 e. The molecule has 0 radical (unpaired) electrons. The van der Waals surface area contributed by atoms with Crippen molar-refractivity contribution in [2.75, 3.05) is 13.2 Å². The highest BCUT2D eigenvalue weighted by atomic mass is 28.5. The lowest BCUT2D eigenvalue weighted by molar-refractivity contribution is 0.157. The normalized spacial score (nSPS) is 14.1. The third kappa shape index (κ3) is 13.4. The third-order valence-electron chi connectivity index (χ3n) is 2.39. The van der Waals surface area contributed by atoms with E-state index >= 15 is 0 Å². The Kier molecular flexibility index (Phi) is 9.41. The Hall–Kier alpha value is 0.448. The maximum Gasteiger partial charge on any atom is 0.469 e. The van der Waals surface area contributed by atoms with Gasteiger partial charge in [0.25, 0.3) is 0 Å². The summed E-state index contributed by atoms with van der Waals surface area (Å²) in [6, 6.07) is 0.836. The molecule has 0 amide bonds. The molecule has 0 fully saturated rings. The zero-order chi connectivity index (χ0) is 18.4. The van der Waals surface area contributed by atoms with E-state index in [1.807, 2.05) is 0 Å². The number of hydrogen-bond acceptors (Lipinski definition) is 4. The van der Waals surface area contributed by atoms with E-state index in [1.54, 1.807) is 6.08 Å². The average molecular weight is 395 g/mol. The van der Waals surface area contributed by atoms with Crippen molar-refractivity contribution in [3.8, 4) is 0 Å². The fraction of sp³-hybridized carbons (Fsp3) is 0.867. The van der Waals surface area contributed by atoms with Gasteiger partial charge in [0.05, 0.1) is 6.61 Å². The summed E-state index contributed by atoms with van der Waals surface area (Å²) in [6.07, 6.45) is 2.68. The number of hydrogen-bond donors (Lipinski definition) is 0. The van der Waals surface area contributed by atoms with Gasteiger partial charge in [-0.2, -0.15) is 0 Å². The molecule has 0 N–H and O–H groups in total. The molecule has 23 heavy (non-hydrogen) atoms. The highest BCUT2D eigenvalue weighted by molar-refractivity contribution is 6.90. The lowest BCUT2D eigenvalue weighted by atomic mass is 10.5. The zero-order valence-electron chi connectivity index (χ0n) is 16.7. The topological polar surface area (TPSA) is 36.9 Å². The van der Waals surface area contributed by atoms with Crippen LogP contribution in [0.5, 0.6) is 0 Å². The van der Waals surface area contributed by atoms with E-state index in [-0.39, 0.29) is 0 Å². The highest BCUT2D eigenvalue weighted by Gasteiger charge is 2.49. The summed E-state index contributed by atoms with van der Waals surface area (Å²) in [5, 5.41) is 0. The van der Waals surface area contributed by atoms with Crippen LogP contribution in [-0.2, 0) is 17.1 Å². The van der Waals surface area contributed by atoms with Gasteiger partial charge in [-0.1, -0.05) is 6.08 Å². The van der Waals surface area contributed by atoms with Crippen molar-refractivity contribution in [1.82, 2.24) is 0 Å². The predicted octanol–water partition coefficient (Wildman–Crippen LogP) is 5.07. The highest BCUT2D eigenvalue weighted by Crippen LogP contribution is 2.29. The first kappa shape index (κ1) is 23.4. The van der Waals surface area contributed by atoms with Crippen LogP contribution in [0, 0.1) is 0 Å². The number of ether oxygens (including phenoxy) is 1. The van der Waals surface area contributed by atoms with Gasteiger partial charge in [0.1, 0.15) is 0 Å². The summed E-state index contributed by atoms with van der Waals surface area (Å²) in [6.45, 7) is 24.9. The minimum absolute atomic E-state index is 0.590. The molecule has 0 aliphatic rings. The van der Waals surface area contributed by atoms with Crippen molar-refractivity contribution in [2.24, 2.45) is 0 Å². The van der Waals surface area contributed by atoms with Crippen molar-refractivity contribution < 1.29 is 17.1 Å². The Bertz CT molecular complexity index is 315. The Balaban J connectivity index is 5.24. The van der Waals surface area contributed by atoms with Crippen LogP contribution in [0.3, 0.4) is 0 Å². The molecule has 0 bridgehead atoms. The van der Waals surface area contributed by atoms with Crippen molar-refractivity contribution in [1.29, 1.82) is 0 Å². The van der Waals surface area contributed by atoms with E-state index in [4.69, 9.17) is 17.1 Å². The molecule has 0 rings (SSSR count). The van der Waals surface area contributed by atoms with Crippen LogP contribution in [-0.4, -0.2) is 47.0 Å². The van der Waals surface area contributed by atoms with E-state index in [0.717, 1.165) is 12.5 Å². The van der Waals surface area contributed by atoms with Crippen molar-refractivity contribution >= 4 is 33.8 Å². The van der Waals surface area contributed by atoms with Gasteiger partial charge in [-0.25, -0.2) is 0 Å². The predicted molar refractivity (Wildman–Crippen MR) is 109 cm³/mol. The van der Waals surface area contributed by atoms with Crippen molar-refractivity contribution in [3.05, 3.63) is 12.7 Å². The van der Waals surface area contributed by atoms with E-state index in [0.29, 0.717) is 13.2 Å². The molecule has 0 aromatic rings. The quantitative estimate of drug-likeness (QED) is 0.263. The molecule has 0 saturated heterocycles. The fourth-order valence-corrected chi connectivity index (χ4v) is 16.8. The van der Waals surface area contributed by atoms with E-state index in [1.165, 1.54) is 0 Å².